The Morgan fingerprint density at radius 1 is 1.41 bits per heavy atom. The zero-order chi connectivity index (χ0) is 12.3. The molecule has 4 heteroatoms. The quantitative estimate of drug-likeness (QED) is 0.843. The number of aryl methyl sites for hydroxylation is 1. The summed E-state index contributed by atoms with van der Waals surface area (Å²) < 4.78 is 0. The van der Waals surface area contributed by atoms with Crippen molar-refractivity contribution in [2.24, 2.45) is 5.73 Å². The van der Waals surface area contributed by atoms with E-state index < -0.39 is 0 Å². The molecular weight excluding hydrogens is 214 g/mol. The van der Waals surface area contributed by atoms with Gasteiger partial charge in [0.05, 0.1) is 11.2 Å². The van der Waals surface area contributed by atoms with Gasteiger partial charge in [-0.1, -0.05) is 18.2 Å². The van der Waals surface area contributed by atoms with Crippen LogP contribution in [0.1, 0.15) is 12.1 Å². The number of nitrogens with two attached hydrogens (primary N) is 1. The molecule has 0 atom stereocenters. The van der Waals surface area contributed by atoms with E-state index in [1.165, 1.54) is 0 Å². The van der Waals surface area contributed by atoms with Crippen LogP contribution >= 0.6 is 0 Å². The number of pyridine rings is 1. The van der Waals surface area contributed by atoms with Crippen LogP contribution in [0.15, 0.2) is 30.3 Å². The number of benzene rings is 1. The molecule has 0 unspecified atom stereocenters. The standard InChI is InChI=1S/C13H15N3O/c1-9-8-12(16-13(17)6-7-14)10-4-2-3-5-11(10)15-9/h2-5,8H,6-7,14H2,1H3,(H,15,16,17). The lowest BCUT2D eigenvalue weighted by Crippen LogP contribution is -2.16. The molecule has 3 N–H and O–H groups in total. The van der Waals surface area contributed by atoms with Gasteiger partial charge in [-0.2, -0.15) is 0 Å². The third-order valence-corrected chi connectivity index (χ3v) is 2.49. The number of hydrogen-bond acceptors (Lipinski definition) is 3. The Morgan fingerprint density at radius 2 is 2.18 bits per heavy atom. The average molecular weight is 229 g/mol. The van der Waals surface area contributed by atoms with Crippen molar-refractivity contribution in [1.82, 2.24) is 4.98 Å². The number of nitrogens with zero attached hydrogens (tertiary/aromatic N) is 1. The molecular formula is C13H15N3O. The molecule has 0 fully saturated rings. The molecule has 0 spiro atoms. The van der Waals surface area contributed by atoms with E-state index in [0.29, 0.717) is 13.0 Å². The van der Waals surface area contributed by atoms with Gasteiger partial charge >= 0.3 is 0 Å². The Kier molecular flexibility index (Phi) is 3.35. The lowest BCUT2D eigenvalue weighted by Gasteiger charge is -2.09. The number of carbonyl (C=O) groups is 1. The zero-order valence-corrected chi connectivity index (χ0v) is 9.73. The summed E-state index contributed by atoms with van der Waals surface area (Å²) in [5.41, 5.74) is 7.92. The van der Waals surface area contributed by atoms with Crippen molar-refractivity contribution in [3.63, 3.8) is 0 Å². The van der Waals surface area contributed by atoms with Gasteiger partial charge in [0.15, 0.2) is 0 Å². The molecule has 2 aromatic rings. The minimum absolute atomic E-state index is 0.0664. The third kappa shape index (κ3) is 2.60. The summed E-state index contributed by atoms with van der Waals surface area (Å²) in [6, 6.07) is 9.61. The van der Waals surface area contributed by atoms with Crippen LogP contribution in [-0.2, 0) is 4.79 Å². The number of aromatic nitrogens is 1. The van der Waals surface area contributed by atoms with Gasteiger partial charge in [0.1, 0.15) is 0 Å². The third-order valence-electron chi connectivity index (χ3n) is 2.49. The fourth-order valence-electron chi connectivity index (χ4n) is 1.76. The second-order valence-corrected chi connectivity index (χ2v) is 3.92. The second-order valence-electron chi connectivity index (χ2n) is 3.92. The molecule has 2 rings (SSSR count). The first-order valence-corrected chi connectivity index (χ1v) is 5.57. The fourth-order valence-corrected chi connectivity index (χ4v) is 1.76. The van der Waals surface area contributed by atoms with Crippen molar-refractivity contribution >= 4 is 22.5 Å². The monoisotopic (exact) mass is 229 g/mol. The van der Waals surface area contributed by atoms with Crippen molar-refractivity contribution in [2.45, 2.75) is 13.3 Å². The maximum atomic E-state index is 11.6. The number of hydrogen-bond donors (Lipinski definition) is 2. The van der Waals surface area contributed by atoms with E-state index in [1.54, 1.807) is 0 Å². The highest BCUT2D eigenvalue weighted by atomic mass is 16.1. The molecule has 4 nitrogen and oxygen atoms in total. The first-order chi connectivity index (χ1) is 8.20. The van der Waals surface area contributed by atoms with E-state index in [2.05, 4.69) is 10.3 Å². The van der Waals surface area contributed by atoms with Crippen molar-refractivity contribution in [2.75, 3.05) is 11.9 Å². The van der Waals surface area contributed by atoms with Crippen molar-refractivity contribution in [3.8, 4) is 0 Å². The summed E-state index contributed by atoms with van der Waals surface area (Å²) in [5.74, 6) is -0.0664. The van der Waals surface area contributed by atoms with Crippen LogP contribution in [0.5, 0.6) is 0 Å². The summed E-state index contributed by atoms with van der Waals surface area (Å²) in [6.45, 7) is 2.26. The number of carbonyl (C=O) groups excluding carboxylic acids is 1. The van der Waals surface area contributed by atoms with Gasteiger partial charge in [-0.05, 0) is 19.1 Å². The second kappa shape index (κ2) is 4.93. The Balaban J connectivity index is 2.42. The smallest absolute Gasteiger partial charge is 0.225 e. The highest BCUT2D eigenvalue weighted by molar-refractivity contribution is 6.01. The molecule has 0 radical (unpaired) electrons. The van der Waals surface area contributed by atoms with E-state index >= 15 is 0 Å². The number of rotatable bonds is 3. The van der Waals surface area contributed by atoms with Crippen LogP contribution in [-0.4, -0.2) is 17.4 Å². The number of amides is 1. The maximum Gasteiger partial charge on any atom is 0.225 e. The lowest BCUT2D eigenvalue weighted by atomic mass is 10.1. The topological polar surface area (TPSA) is 68.0 Å². The van der Waals surface area contributed by atoms with Gasteiger partial charge in [-0.3, -0.25) is 9.78 Å². The molecule has 1 aromatic carbocycles. The van der Waals surface area contributed by atoms with Crippen LogP contribution in [0.2, 0.25) is 0 Å². The number of para-hydroxylation sites is 1. The van der Waals surface area contributed by atoms with Crippen LogP contribution in [0.3, 0.4) is 0 Å². The lowest BCUT2D eigenvalue weighted by molar-refractivity contribution is -0.116. The molecule has 0 saturated carbocycles. The summed E-state index contributed by atoms with van der Waals surface area (Å²) in [5, 5.41) is 3.82. The average Bonchev–Trinajstić information content (AvgIpc) is 2.29. The molecule has 0 saturated heterocycles. The summed E-state index contributed by atoms with van der Waals surface area (Å²) >= 11 is 0. The maximum absolute atomic E-state index is 11.6. The van der Waals surface area contributed by atoms with E-state index in [4.69, 9.17) is 5.73 Å². The molecule has 17 heavy (non-hydrogen) atoms. The normalized spacial score (nSPS) is 10.5. The van der Waals surface area contributed by atoms with Gasteiger partial charge in [0.25, 0.3) is 0 Å². The Labute approximate surface area is 99.8 Å². The Bertz CT molecular complexity index is 551. The number of nitrogens with one attached hydrogen (secondary N) is 1. The minimum Gasteiger partial charge on any atom is -0.330 e. The number of fused-ring (bicyclic) bond motifs is 1. The Hall–Kier alpha value is -1.94. The van der Waals surface area contributed by atoms with E-state index in [1.807, 2.05) is 37.3 Å². The van der Waals surface area contributed by atoms with Gasteiger partial charge in [-0.15, -0.1) is 0 Å². The fraction of sp³-hybridized carbons (Fsp3) is 0.231. The van der Waals surface area contributed by atoms with Crippen LogP contribution in [0.4, 0.5) is 5.69 Å². The highest BCUT2D eigenvalue weighted by Gasteiger charge is 2.06. The van der Waals surface area contributed by atoms with Crippen LogP contribution < -0.4 is 11.1 Å². The van der Waals surface area contributed by atoms with Gasteiger partial charge in [-0.25, -0.2) is 0 Å². The van der Waals surface area contributed by atoms with Crippen molar-refractivity contribution in [1.29, 1.82) is 0 Å². The van der Waals surface area contributed by atoms with Crippen molar-refractivity contribution < 1.29 is 4.79 Å². The molecule has 0 bridgehead atoms. The first-order valence-electron chi connectivity index (χ1n) is 5.57. The van der Waals surface area contributed by atoms with E-state index in [9.17, 15) is 4.79 Å². The molecule has 1 heterocycles. The summed E-state index contributed by atoms with van der Waals surface area (Å²) in [4.78, 5) is 16.0. The summed E-state index contributed by atoms with van der Waals surface area (Å²) in [7, 11) is 0. The SMILES string of the molecule is Cc1cc(NC(=O)CCN)c2ccccc2n1. The molecule has 88 valence electrons. The van der Waals surface area contributed by atoms with Crippen LogP contribution in [0.25, 0.3) is 10.9 Å². The molecule has 0 aliphatic rings. The predicted octanol–water partition coefficient (Wildman–Crippen LogP) is 1.83. The highest BCUT2D eigenvalue weighted by Crippen LogP contribution is 2.22. The van der Waals surface area contributed by atoms with Gasteiger partial charge in [0.2, 0.25) is 5.91 Å². The number of anilines is 1. The molecule has 0 aliphatic carbocycles. The van der Waals surface area contributed by atoms with Gasteiger partial charge < -0.3 is 11.1 Å². The summed E-state index contributed by atoms with van der Waals surface area (Å²) in [6.07, 6.45) is 0.329. The predicted molar refractivity (Wildman–Crippen MR) is 68.8 cm³/mol. The molecule has 1 amide bonds. The largest absolute Gasteiger partial charge is 0.330 e. The molecule has 1 aromatic heterocycles. The van der Waals surface area contributed by atoms with E-state index in [0.717, 1.165) is 22.3 Å². The Morgan fingerprint density at radius 3 is 2.94 bits per heavy atom. The van der Waals surface area contributed by atoms with Gasteiger partial charge in [0, 0.05) is 24.0 Å². The molecule has 0 aliphatic heterocycles. The minimum atomic E-state index is -0.0664. The first kappa shape index (κ1) is 11.5. The zero-order valence-electron chi connectivity index (χ0n) is 9.73. The van der Waals surface area contributed by atoms with E-state index in [-0.39, 0.29) is 5.91 Å². The van der Waals surface area contributed by atoms with Crippen LogP contribution in [0, 0.1) is 6.92 Å². The van der Waals surface area contributed by atoms with Crippen molar-refractivity contribution in [3.05, 3.63) is 36.0 Å².